The number of ether oxygens (including phenoxy) is 1. The van der Waals surface area contributed by atoms with Gasteiger partial charge >= 0.3 is 6.09 Å². The minimum Gasteiger partial charge on any atom is -0.447 e. The standard InChI is InChI=1S/C16H21N3O2/c1-19(2)6-5-12-9-17-15-4-3-11(8-14(12)15)7-13-10-21-16(20)18-13/h3-4,8-9,13,17H,5-7,10H2,1-2H3,(H,18,20)/t13-/m0/s1/i1D3,3D,4D,6D2,7D2,8D,9D,13D/hD2. The van der Waals surface area contributed by atoms with Gasteiger partial charge in [0, 0.05) is 33.2 Å². The van der Waals surface area contributed by atoms with Crippen LogP contribution in [0, 0.1) is 0 Å². The van der Waals surface area contributed by atoms with E-state index < -0.39 is 85.8 Å². The molecule has 1 aromatic carbocycles. The monoisotopic (exact) mass is 301 g/mol. The molecule has 1 atom stereocenters. The fourth-order valence-corrected chi connectivity index (χ4v) is 1.78. The van der Waals surface area contributed by atoms with Crippen LogP contribution in [-0.4, -0.2) is 49.1 Å². The summed E-state index contributed by atoms with van der Waals surface area (Å²) in [6, 6.07) is -5.33. The summed E-state index contributed by atoms with van der Waals surface area (Å²) in [5.74, 6) is 0. The first-order valence-corrected chi connectivity index (χ1v) is 6.05. The van der Waals surface area contributed by atoms with Crippen molar-refractivity contribution in [3.8, 4) is 0 Å². The number of hydrogen-bond donors (Lipinski definition) is 2. The van der Waals surface area contributed by atoms with Gasteiger partial charge < -0.3 is 19.9 Å². The van der Waals surface area contributed by atoms with E-state index in [4.69, 9.17) is 19.3 Å². The minimum atomic E-state index is -3.13. The molecule has 2 heterocycles. The molecule has 0 aliphatic carbocycles. The number of aromatic amines is 1. The number of nitrogens with one attached hydrogen (secondary N) is 2. The van der Waals surface area contributed by atoms with Gasteiger partial charge in [0.2, 0.25) is 0 Å². The minimum absolute atomic E-state index is 0.0872. The highest BCUT2D eigenvalue weighted by Gasteiger charge is 2.22. The van der Waals surface area contributed by atoms with Crippen LogP contribution in [0.5, 0.6) is 0 Å². The Kier molecular flexibility index (Phi) is 1.38. The van der Waals surface area contributed by atoms with E-state index in [1.165, 1.54) is 0 Å². The number of H-pyrrole nitrogens is 1. The summed E-state index contributed by atoms with van der Waals surface area (Å²) in [7, 11) is 0.976. The number of alkyl carbamates (subject to hydrolysis) is 1. The molecule has 1 saturated heterocycles. The van der Waals surface area contributed by atoms with Crippen LogP contribution < -0.4 is 5.31 Å². The second-order valence-electron chi connectivity index (χ2n) is 4.31. The largest absolute Gasteiger partial charge is 0.447 e. The lowest BCUT2D eigenvalue weighted by Crippen LogP contribution is -2.28. The molecule has 5 nitrogen and oxygen atoms in total. The zero-order chi connectivity index (χ0) is 27.0. The smallest absolute Gasteiger partial charge is 0.407 e. The molecule has 1 aromatic heterocycles. The normalized spacial score (nSPS) is 33.8. The van der Waals surface area contributed by atoms with E-state index in [0.717, 1.165) is 7.05 Å². The van der Waals surface area contributed by atoms with E-state index in [0.29, 0.717) is 9.88 Å². The lowest BCUT2D eigenvalue weighted by Gasteiger charge is -2.09. The summed E-state index contributed by atoms with van der Waals surface area (Å²) in [4.78, 5) is 12.5. The summed E-state index contributed by atoms with van der Waals surface area (Å²) >= 11 is 0. The molecule has 1 fully saturated rings. The highest BCUT2D eigenvalue weighted by Crippen LogP contribution is 2.21. The van der Waals surface area contributed by atoms with Gasteiger partial charge in [-0.2, -0.15) is 0 Å². The summed E-state index contributed by atoms with van der Waals surface area (Å²) in [5, 5.41) is -0.533. The van der Waals surface area contributed by atoms with Gasteiger partial charge in [0.1, 0.15) is 6.61 Å². The number of carbonyl (C=O) groups excluding carboxylic acids is 1. The van der Waals surface area contributed by atoms with E-state index in [1.807, 2.05) is 0 Å². The van der Waals surface area contributed by atoms with Gasteiger partial charge in [-0.05, 0) is 50.0 Å². The zero-order valence-corrected chi connectivity index (χ0v) is 11.1. The number of fused-ring (bicyclic) bond motifs is 1. The van der Waals surface area contributed by atoms with Crippen molar-refractivity contribution in [1.29, 1.82) is 0 Å². The zero-order valence-electron chi connectivity index (χ0n) is 25.1. The van der Waals surface area contributed by atoms with Crippen LogP contribution >= 0.6 is 0 Å². The third-order valence-corrected chi connectivity index (χ3v) is 2.72. The van der Waals surface area contributed by atoms with E-state index >= 15 is 0 Å². The van der Waals surface area contributed by atoms with Crippen molar-refractivity contribution in [3.63, 3.8) is 0 Å². The number of aryl methyl sites for hydroxylation is 1. The Balaban J connectivity index is 2.34. The lowest BCUT2D eigenvalue weighted by molar-refractivity contribution is 0.177. The number of aromatic nitrogens is 1. The second kappa shape index (κ2) is 5.77. The van der Waals surface area contributed by atoms with Gasteiger partial charge in [-0.25, -0.2) is 4.79 Å². The fraction of sp³-hybridized carbons (Fsp3) is 0.438. The maximum absolute atomic E-state index is 11.7. The Hall–Kier alpha value is -2.01. The molecular formula is C16H21N3O2. The molecule has 0 radical (unpaired) electrons. The maximum atomic E-state index is 11.7. The molecule has 5 heteroatoms. The number of hydrogen-bond acceptors (Lipinski definition) is 3. The Bertz CT molecular complexity index is 1210. The molecule has 0 saturated carbocycles. The van der Waals surface area contributed by atoms with Crippen LogP contribution in [0.2, 0.25) is 2.82 Å². The number of nitrogens with zero attached hydrogens (tertiary/aromatic N) is 1. The number of rotatable bonds is 5. The second-order valence-corrected chi connectivity index (χ2v) is 4.31. The molecular weight excluding hydrogens is 266 g/mol. The Labute approximate surface area is 144 Å². The molecule has 0 spiro atoms. The fourth-order valence-electron chi connectivity index (χ4n) is 1.78. The molecule has 1 aliphatic rings. The van der Waals surface area contributed by atoms with Crippen molar-refractivity contribution >= 4 is 17.0 Å². The maximum Gasteiger partial charge on any atom is 0.407 e. The predicted octanol–water partition coefficient (Wildman–Crippen LogP) is 1.92. The molecule has 1 amide bonds. The van der Waals surface area contributed by atoms with Crippen molar-refractivity contribution in [1.82, 2.24) is 15.2 Å². The van der Waals surface area contributed by atoms with E-state index in [-0.39, 0.29) is 10.9 Å². The van der Waals surface area contributed by atoms with Gasteiger partial charge in [0.15, 0.2) is 2.82 Å². The molecule has 1 aliphatic heterocycles. The van der Waals surface area contributed by atoms with E-state index in [2.05, 4.69) is 4.74 Å². The number of carbonyl (C=O) groups is 1. The average molecular weight is 301 g/mol. The van der Waals surface area contributed by atoms with Gasteiger partial charge in [-0.1, -0.05) is 6.04 Å². The molecule has 0 bridgehead atoms. The SMILES string of the molecule is [2H]c1c(C([2H])([2H])[C@@]2([2H])COC(=O)N2[2H])c([2H])c2c(CC([2H])([2H])N(C)C([2H])([2H])[2H])c([2H])n([2H])c2c1[2H]. The first kappa shape index (κ1) is 5.02. The lowest BCUT2D eigenvalue weighted by atomic mass is 10.0. The van der Waals surface area contributed by atoms with Gasteiger partial charge in [-0.3, -0.25) is 0 Å². The number of likely N-dealkylation sites (N-methyl/N-ethyl adjacent to an activating group) is 1. The van der Waals surface area contributed by atoms with E-state index in [9.17, 15) is 4.79 Å². The van der Waals surface area contributed by atoms with E-state index in [1.54, 1.807) is 0 Å². The van der Waals surface area contributed by atoms with Gasteiger partial charge in [0.05, 0.1) is 12.9 Å². The first-order chi connectivity index (χ1) is 15.7. The average Bonchev–Trinajstić information content (AvgIpc) is 3.14. The van der Waals surface area contributed by atoms with Crippen LogP contribution in [-0.2, 0) is 17.5 Å². The third-order valence-electron chi connectivity index (χ3n) is 2.72. The quantitative estimate of drug-likeness (QED) is 0.887. The predicted molar refractivity (Wildman–Crippen MR) is 82.5 cm³/mol. The Morgan fingerprint density at radius 2 is 2.62 bits per heavy atom. The summed E-state index contributed by atoms with van der Waals surface area (Å²) in [5.41, 5.74) is -1.75. The van der Waals surface area contributed by atoms with Crippen molar-refractivity contribution in [3.05, 3.63) is 35.4 Å². The summed E-state index contributed by atoms with van der Waals surface area (Å²) in [6.07, 6.45) is -6.01. The molecule has 0 unspecified atom stereocenters. The van der Waals surface area contributed by atoms with Crippen LogP contribution in [0.1, 0.15) is 27.6 Å². The van der Waals surface area contributed by atoms with Crippen LogP contribution in [0.15, 0.2) is 24.3 Å². The topological polar surface area (TPSA) is 57.4 Å². The van der Waals surface area contributed by atoms with Crippen molar-refractivity contribution < 1.29 is 28.8 Å². The first-order valence-electron chi connectivity index (χ1n) is 12.9. The Morgan fingerprint density at radius 1 is 1.71 bits per heavy atom. The van der Waals surface area contributed by atoms with Gasteiger partial charge in [0.25, 0.3) is 0 Å². The third kappa shape index (κ3) is 3.19. The molecule has 3 rings (SSSR count). The van der Waals surface area contributed by atoms with Crippen LogP contribution in [0.25, 0.3) is 10.9 Å². The number of benzene rings is 1. The molecule has 21 heavy (non-hydrogen) atoms. The van der Waals surface area contributed by atoms with Crippen LogP contribution in [0.4, 0.5) is 4.79 Å². The molecule has 2 aromatic rings. The molecule has 2 N–H and O–H groups in total. The highest BCUT2D eigenvalue weighted by atomic mass is 16.6. The highest BCUT2D eigenvalue weighted by molar-refractivity contribution is 5.84. The number of amides is 1. The summed E-state index contributed by atoms with van der Waals surface area (Å²) in [6.45, 7) is -6.44. The summed E-state index contributed by atoms with van der Waals surface area (Å²) < 4.78 is 118. The van der Waals surface area contributed by atoms with Crippen molar-refractivity contribution in [2.75, 3.05) is 27.1 Å². The van der Waals surface area contributed by atoms with Crippen molar-refractivity contribution in [2.45, 2.75) is 18.8 Å². The van der Waals surface area contributed by atoms with Crippen molar-refractivity contribution in [2.24, 2.45) is 0 Å². The Morgan fingerprint density at radius 3 is 3.38 bits per heavy atom. The molecule has 112 valence electrons. The van der Waals surface area contributed by atoms with Gasteiger partial charge in [-0.15, -0.1) is 0 Å². The van der Waals surface area contributed by atoms with Crippen LogP contribution in [0.3, 0.4) is 0 Å². The number of cyclic esters (lactones) is 1.